The number of benzene rings is 2. The standard InChI is InChI=1S/C25H24BrN3O5S/c1-3-33-19-8-6-5-7-17(19)21-18(13-27)24(29-23(31)22(21)25(32)34-4-2)35-14-20(30)28-16-11-9-15(26)10-12-16/h5-12,21-22H,3-4,14H2,1-2H3,(H,28,30)(H,29,31)/t21-,22-/m0/s1. The van der Waals surface area contributed by atoms with E-state index in [1.165, 1.54) is 0 Å². The first-order valence-electron chi connectivity index (χ1n) is 10.9. The number of carbonyl (C=O) groups excluding carboxylic acids is 3. The Morgan fingerprint density at radius 1 is 1.14 bits per heavy atom. The highest BCUT2D eigenvalue weighted by Gasteiger charge is 2.45. The lowest BCUT2D eigenvalue weighted by atomic mass is 9.78. The first-order chi connectivity index (χ1) is 16.9. The third-order valence-corrected chi connectivity index (χ3v) is 6.64. The summed E-state index contributed by atoms with van der Waals surface area (Å²) in [6.07, 6.45) is 0. The average molecular weight is 558 g/mol. The summed E-state index contributed by atoms with van der Waals surface area (Å²) in [5.74, 6) is -3.43. The summed E-state index contributed by atoms with van der Waals surface area (Å²) < 4.78 is 11.8. The van der Waals surface area contributed by atoms with Crippen molar-refractivity contribution in [3.8, 4) is 11.8 Å². The number of nitrogens with one attached hydrogen (secondary N) is 2. The van der Waals surface area contributed by atoms with Crippen molar-refractivity contribution in [2.75, 3.05) is 24.3 Å². The molecule has 8 nitrogen and oxygen atoms in total. The van der Waals surface area contributed by atoms with Gasteiger partial charge in [-0.15, -0.1) is 0 Å². The SMILES string of the molecule is CCOC(=O)[C@@H]1C(=O)NC(SCC(=O)Nc2ccc(Br)cc2)=C(C#N)[C@@H]1c1ccccc1OCC. The lowest BCUT2D eigenvalue weighted by Gasteiger charge is -2.32. The van der Waals surface area contributed by atoms with Gasteiger partial charge in [-0.3, -0.25) is 14.4 Å². The van der Waals surface area contributed by atoms with Crippen LogP contribution in [0.2, 0.25) is 0 Å². The molecule has 2 aromatic rings. The maximum Gasteiger partial charge on any atom is 0.319 e. The van der Waals surface area contributed by atoms with E-state index in [0.29, 0.717) is 23.6 Å². The number of ether oxygens (including phenoxy) is 2. The lowest BCUT2D eigenvalue weighted by Crippen LogP contribution is -2.44. The van der Waals surface area contributed by atoms with Crippen LogP contribution in [-0.4, -0.2) is 36.8 Å². The molecule has 0 bridgehead atoms. The molecule has 35 heavy (non-hydrogen) atoms. The number of allylic oxidation sites excluding steroid dienone is 1. The number of para-hydroxylation sites is 1. The number of hydrogen-bond acceptors (Lipinski definition) is 7. The molecule has 1 aliphatic heterocycles. The van der Waals surface area contributed by atoms with Gasteiger partial charge >= 0.3 is 5.97 Å². The number of nitrogens with zero attached hydrogens (tertiary/aromatic N) is 1. The van der Waals surface area contributed by atoms with Gasteiger partial charge < -0.3 is 20.1 Å². The zero-order valence-electron chi connectivity index (χ0n) is 19.2. The van der Waals surface area contributed by atoms with E-state index in [9.17, 15) is 19.6 Å². The molecule has 10 heteroatoms. The molecule has 1 aliphatic rings. The molecule has 3 rings (SSSR count). The summed E-state index contributed by atoms with van der Waals surface area (Å²) in [5, 5.41) is 15.7. The Bertz CT molecular complexity index is 1180. The van der Waals surface area contributed by atoms with Crippen LogP contribution in [0.15, 0.2) is 63.6 Å². The Balaban J connectivity index is 1.94. The fourth-order valence-corrected chi connectivity index (χ4v) is 4.77. The molecule has 2 N–H and O–H groups in total. The average Bonchev–Trinajstić information content (AvgIpc) is 2.84. The molecule has 0 unspecified atom stereocenters. The van der Waals surface area contributed by atoms with Crippen LogP contribution >= 0.6 is 27.7 Å². The van der Waals surface area contributed by atoms with Gasteiger partial charge in [-0.25, -0.2) is 0 Å². The minimum Gasteiger partial charge on any atom is -0.494 e. The predicted octanol–water partition coefficient (Wildman–Crippen LogP) is 4.35. The molecule has 182 valence electrons. The van der Waals surface area contributed by atoms with E-state index in [2.05, 4.69) is 32.6 Å². The maximum absolute atomic E-state index is 13.1. The molecule has 1 heterocycles. The second kappa shape index (κ2) is 12.4. The Morgan fingerprint density at radius 3 is 2.51 bits per heavy atom. The van der Waals surface area contributed by atoms with Crippen LogP contribution in [0, 0.1) is 17.2 Å². The molecule has 0 fully saturated rings. The van der Waals surface area contributed by atoms with Crippen LogP contribution in [-0.2, 0) is 19.1 Å². The lowest BCUT2D eigenvalue weighted by molar-refractivity contribution is -0.152. The van der Waals surface area contributed by atoms with E-state index < -0.39 is 23.7 Å². The van der Waals surface area contributed by atoms with Crippen LogP contribution < -0.4 is 15.4 Å². The van der Waals surface area contributed by atoms with Gasteiger partial charge in [0.05, 0.1) is 35.6 Å². The van der Waals surface area contributed by atoms with E-state index >= 15 is 0 Å². The molecule has 2 amide bonds. The molecule has 2 atom stereocenters. The highest BCUT2D eigenvalue weighted by Crippen LogP contribution is 2.43. The number of rotatable bonds is 9. The Labute approximate surface area is 216 Å². The summed E-state index contributed by atoms with van der Waals surface area (Å²) in [6.45, 7) is 3.92. The third-order valence-electron chi connectivity index (χ3n) is 5.10. The summed E-state index contributed by atoms with van der Waals surface area (Å²) in [4.78, 5) is 38.4. The van der Waals surface area contributed by atoms with Crippen molar-refractivity contribution in [3.05, 3.63) is 69.2 Å². The minimum atomic E-state index is -1.27. The first-order valence-corrected chi connectivity index (χ1v) is 12.7. The highest BCUT2D eigenvalue weighted by molar-refractivity contribution is 9.10. The highest BCUT2D eigenvalue weighted by atomic mass is 79.9. The van der Waals surface area contributed by atoms with Crippen LogP contribution in [0.4, 0.5) is 5.69 Å². The predicted molar refractivity (Wildman–Crippen MR) is 136 cm³/mol. The molecular formula is C25H24BrN3O5S. The topological polar surface area (TPSA) is 118 Å². The number of amides is 2. The number of hydrogen-bond donors (Lipinski definition) is 2. The normalized spacial score (nSPS) is 17.3. The number of anilines is 1. The zero-order chi connectivity index (χ0) is 25.4. The van der Waals surface area contributed by atoms with Crippen LogP contribution in [0.1, 0.15) is 25.3 Å². The molecule has 0 aliphatic carbocycles. The fraction of sp³-hybridized carbons (Fsp3) is 0.280. The van der Waals surface area contributed by atoms with Crippen molar-refractivity contribution < 1.29 is 23.9 Å². The smallest absolute Gasteiger partial charge is 0.319 e. The summed E-state index contributed by atoms with van der Waals surface area (Å²) >= 11 is 4.36. The van der Waals surface area contributed by atoms with Crippen molar-refractivity contribution in [1.82, 2.24) is 5.32 Å². The molecule has 0 saturated heterocycles. The fourth-order valence-electron chi connectivity index (χ4n) is 3.65. The van der Waals surface area contributed by atoms with Crippen molar-refractivity contribution in [1.29, 1.82) is 5.26 Å². The molecule has 0 spiro atoms. The third kappa shape index (κ3) is 6.44. The Kier molecular flexibility index (Phi) is 9.34. The molecule has 0 aromatic heterocycles. The van der Waals surface area contributed by atoms with Gasteiger partial charge in [-0.05, 0) is 44.2 Å². The quantitative estimate of drug-likeness (QED) is 0.347. The molecular weight excluding hydrogens is 534 g/mol. The van der Waals surface area contributed by atoms with Gasteiger partial charge in [-0.2, -0.15) is 5.26 Å². The van der Waals surface area contributed by atoms with Crippen LogP contribution in [0.5, 0.6) is 5.75 Å². The van der Waals surface area contributed by atoms with E-state index in [1.54, 1.807) is 55.5 Å². The van der Waals surface area contributed by atoms with Gasteiger partial charge in [0.15, 0.2) is 0 Å². The summed E-state index contributed by atoms with van der Waals surface area (Å²) in [6, 6.07) is 16.2. The van der Waals surface area contributed by atoms with Gasteiger partial charge in [0.25, 0.3) is 0 Å². The van der Waals surface area contributed by atoms with Gasteiger partial charge in [0.2, 0.25) is 11.8 Å². The number of nitriles is 1. The van der Waals surface area contributed by atoms with E-state index in [1.807, 2.05) is 6.92 Å². The van der Waals surface area contributed by atoms with E-state index in [0.717, 1.165) is 16.2 Å². The Morgan fingerprint density at radius 2 is 1.86 bits per heavy atom. The second-order valence-electron chi connectivity index (χ2n) is 7.37. The van der Waals surface area contributed by atoms with Crippen LogP contribution in [0.3, 0.4) is 0 Å². The summed E-state index contributed by atoms with van der Waals surface area (Å²) in [5.41, 5.74) is 1.30. The second-order valence-corrected chi connectivity index (χ2v) is 9.27. The van der Waals surface area contributed by atoms with Crippen molar-refractivity contribution in [2.24, 2.45) is 5.92 Å². The minimum absolute atomic E-state index is 0.0548. The van der Waals surface area contributed by atoms with Gasteiger partial charge in [0, 0.05) is 21.6 Å². The van der Waals surface area contributed by atoms with Crippen molar-refractivity contribution >= 4 is 51.2 Å². The number of thioether (sulfide) groups is 1. The van der Waals surface area contributed by atoms with Crippen LogP contribution in [0.25, 0.3) is 0 Å². The van der Waals surface area contributed by atoms with Gasteiger partial charge in [0.1, 0.15) is 11.7 Å². The molecule has 2 aromatic carbocycles. The number of esters is 1. The van der Waals surface area contributed by atoms with Crippen molar-refractivity contribution in [3.63, 3.8) is 0 Å². The molecule has 0 radical (unpaired) electrons. The first kappa shape index (κ1) is 26.3. The maximum atomic E-state index is 13.1. The van der Waals surface area contributed by atoms with Gasteiger partial charge in [-0.1, -0.05) is 45.9 Å². The number of halogens is 1. The zero-order valence-corrected chi connectivity index (χ0v) is 21.6. The largest absolute Gasteiger partial charge is 0.494 e. The van der Waals surface area contributed by atoms with Crippen molar-refractivity contribution in [2.45, 2.75) is 19.8 Å². The molecule has 0 saturated carbocycles. The number of carbonyl (C=O) groups is 3. The van der Waals surface area contributed by atoms with E-state index in [-0.39, 0.29) is 28.9 Å². The van der Waals surface area contributed by atoms with E-state index in [4.69, 9.17) is 9.47 Å². The Hall–Kier alpha value is -3.29. The monoisotopic (exact) mass is 557 g/mol. The summed E-state index contributed by atoms with van der Waals surface area (Å²) in [7, 11) is 0.